The molecule has 1 aliphatic rings. The highest BCUT2D eigenvalue weighted by atomic mass is 79.9. The van der Waals surface area contributed by atoms with E-state index in [-0.39, 0.29) is 6.09 Å². The van der Waals surface area contributed by atoms with Crippen LogP contribution in [0.25, 0.3) is 0 Å². The van der Waals surface area contributed by atoms with Gasteiger partial charge in [-0.1, -0.05) is 0 Å². The first-order valence-corrected chi connectivity index (χ1v) is 8.55. The standard InChI is InChI=1S/C16H25BrN2O3/c1-16(2,3)22-15(20)19-8-4-5-12(11-19)9-18-10-13-6-7-14(17)21-13/h6-7,12,18H,4-5,8-11H2,1-3H3. The van der Waals surface area contributed by atoms with Crippen LogP contribution in [0.4, 0.5) is 4.79 Å². The number of carbonyl (C=O) groups is 1. The summed E-state index contributed by atoms with van der Waals surface area (Å²) in [4.78, 5) is 13.9. The molecule has 1 fully saturated rings. The van der Waals surface area contributed by atoms with Crippen LogP contribution in [0.15, 0.2) is 21.2 Å². The van der Waals surface area contributed by atoms with E-state index in [0.29, 0.717) is 12.5 Å². The molecule has 6 heteroatoms. The van der Waals surface area contributed by atoms with E-state index >= 15 is 0 Å². The number of rotatable bonds is 4. The first kappa shape index (κ1) is 17.3. The molecule has 0 radical (unpaired) electrons. The molecule has 1 unspecified atom stereocenters. The van der Waals surface area contributed by atoms with Crippen molar-refractivity contribution in [2.45, 2.75) is 45.8 Å². The van der Waals surface area contributed by atoms with Crippen molar-refractivity contribution in [3.63, 3.8) is 0 Å². The minimum atomic E-state index is -0.436. The first-order valence-electron chi connectivity index (χ1n) is 7.76. The summed E-state index contributed by atoms with van der Waals surface area (Å²) in [5, 5.41) is 3.40. The number of hydrogen-bond donors (Lipinski definition) is 1. The van der Waals surface area contributed by atoms with E-state index in [9.17, 15) is 4.79 Å². The molecular formula is C16H25BrN2O3. The summed E-state index contributed by atoms with van der Waals surface area (Å²) >= 11 is 3.30. The Bertz CT molecular complexity index is 496. The maximum atomic E-state index is 12.1. The van der Waals surface area contributed by atoms with Crippen molar-refractivity contribution in [1.82, 2.24) is 10.2 Å². The van der Waals surface area contributed by atoms with E-state index in [2.05, 4.69) is 21.2 Å². The fourth-order valence-corrected chi connectivity index (χ4v) is 2.91. The minimum absolute atomic E-state index is 0.202. The fraction of sp³-hybridized carbons (Fsp3) is 0.688. The lowest BCUT2D eigenvalue weighted by Gasteiger charge is -2.34. The van der Waals surface area contributed by atoms with Crippen LogP contribution in [0.2, 0.25) is 0 Å². The van der Waals surface area contributed by atoms with Gasteiger partial charge in [-0.2, -0.15) is 0 Å². The Morgan fingerprint density at radius 1 is 1.50 bits per heavy atom. The second-order valence-electron chi connectivity index (χ2n) is 6.77. The van der Waals surface area contributed by atoms with Crippen LogP contribution in [-0.2, 0) is 11.3 Å². The molecule has 22 heavy (non-hydrogen) atoms. The van der Waals surface area contributed by atoms with Gasteiger partial charge in [0.15, 0.2) is 4.67 Å². The third-order valence-corrected chi connectivity index (χ3v) is 3.96. The number of furan rings is 1. The topological polar surface area (TPSA) is 54.7 Å². The van der Waals surface area contributed by atoms with E-state index in [1.807, 2.05) is 37.8 Å². The Morgan fingerprint density at radius 2 is 2.27 bits per heavy atom. The number of halogens is 1. The van der Waals surface area contributed by atoms with E-state index in [0.717, 1.165) is 42.9 Å². The molecule has 0 bridgehead atoms. The molecule has 2 heterocycles. The molecule has 1 N–H and O–H groups in total. The fourth-order valence-electron chi connectivity index (χ4n) is 2.57. The molecule has 0 saturated carbocycles. The molecule has 0 aliphatic carbocycles. The molecular weight excluding hydrogens is 348 g/mol. The van der Waals surface area contributed by atoms with Crippen molar-refractivity contribution in [1.29, 1.82) is 0 Å². The van der Waals surface area contributed by atoms with Crippen LogP contribution < -0.4 is 5.32 Å². The van der Waals surface area contributed by atoms with Crippen molar-refractivity contribution in [2.24, 2.45) is 5.92 Å². The minimum Gasteiger partial charge on any atom is -0.453 e. The van der Waals surface area contributed by atoms with Gasteiger partial charge >= 0.3 is 6.09 Å². The summed E-state index contributed by atoms with van der Waals surface area (Å²) in [6, 6.07) is 3.84. The van der Waals surface area contributed by atoms with Crippen LogP contribution in [0.3, 0.4) is 0 Å². The van der Waals surface area contributed by atoms with Gasteiger partial charge in [0.1, 0.15) is 11.4 Å². The zero-order chi connectivity index (χ0) is 16.2. The maximum Gasteiger partial charge on any atom is 0.410 e. The second-order valence-corrected chi connectivity index (χ2v) is 7.55. The predicted octanol–water partition coefficient (Wildman–Crippen LogP) is 3.78. The Hall–Kier alpha value is -1.01. The largest absolute Gasteiger partial charge is 0.453 e. The average molecular weight is 373 g/mol. The highest BCUT2D eigenvalue weighted by molar-refractivity contribution is 9.10. The highest BCUT2D eigenvalue weighted by Crippen LogP contribution is 2.19. The lowest BCUT2D eigenvalue weighted by atomic mass is 9.98. The number of carbonyl (C=O) groups excluding carboxylic acids is 1. The van der Waals surface area contributed by atoms with Gasteiger partial charge < -0.3 is 19.4 Å². The summed E-state index contributed by atoms with van der Waals surface area (Å²) in [5.74, 6) is 1.37. The number of amides is 1. The highest BCUT2D eigenvalue weighted by Gasteiger charge is 2.27. The van der Waals surface area contributed by atoms with Gasteiger partial charge in [0.2, 0.25) is 0 Å². The zero-order valence-corrected chi connectivity index (χ0v) is 15.1. The Kier molecular flexibility index (Phi) is 5.92. The summed E-state index contributed by atoms with van der Waals surface area (Å²) in [6.07, 6.45) is 1.96. The Labute approximate surface area is 140 Å². The molecule has 124 valence electrons. The third kappa shape index (κ3) is 5.65. The number of nitrogens with zero attached hydrogens (tertiary/aromatic N) is 1. The van der Waals surface area contributed by atoms with E-state index in [1.165, 1.54) is 0 Å². The average Bonchev–Trinajstić information content (AvgIpc) is 2.83. The van der Waals surface area contributed by atoms with Crippen molar-refractivity contribution in [3.05, 3.63) is 22.6 Å². The number of nitrogens with one attached hydrogen (secondary N) is 1. The SMILES string of the molecule is CC(C)(C)OC(=O)N1CCCC(CNCc2ccc(Br)o2)C1. The predicted molar refractivity (Wildman–Crippen MR) is 88.6 cm³/mol. The van der Waals surface area contributed by atoms with E-state index in [4.69, 9.17) is 9.15 Å². The van der Waals surface area contributed by atoms with Crippen LogP contribution in [0, 0.1) is 5.92 Å². The van der Waals surface area contributed by atoms with Crippen LogP contribution in [-0.4, -0.2) is 36.2 Å². The second kappa shape index (κ2) is 7.51. The first-order chi connectivity index (χ1) is 10.3. The summed E-state index contributed by atoms with van der Waals surface area (Å²) in [6.45, 7) is 8.81. The molecule has 1 aliphatic heterocycles. The molecule has 1 saturated heterocycles. The van der Waals surface area contributed by atoms with Crippen LogP contribution in [0.1, 0.15) is 39.4 Å². The number of piperidine rings is 1. The number of ether oxygens (including phenoxy) is 1. The Morgan fingerprint density at radius 3 is 2.91 bits per heavy atom. The molecule has 0 spiro atoms. The molecule has 1 amide bonds. The van der Waals surface area contributed by atoms with Crippen molar-refractivity contribution in [3.8, 4) is 0 Å². The van der Waals surface area contributed by atoms with Gasteiger partial charge in [-0.3, -0.25) is 0 Å². The lowest BCUT2D eigenvalue weighted by Crippen LogP contribution is -2.44. The van der Waals surface area contributed by atoms with Gasteiger partial charge in [0.25, 0.3) is 0 Å². The molecule has 0 aromatic carbocycles. The summed E-state index contributed by atoms with van der Waals surface area (Å²) in [5.41, 5.74) is -0.436. The molecule has 2 rings (SSSR count). The molecule has 1 aromatic rings. The smallest absolute Gasteiger partial charge is 0.410 e. The molecule has 1 aromatic heterocycles. The number of hydrogen-bond acceptors (Lipinski definition) is 4. The third-order valence-electron chi connectivity index (χ3n) is 3.53. The molecule has 1 atom stereocenters. The maximum absolute atomic E-state index is 12.1. The molecule has 5 nitrogen and oxygen atoms in total. The van der Waals surface area contributed by atoms with Gasteiger partial charge in [0, 0.05) is 19.6 Å². The zero-order valence-electron chi connectivity index (χ0n) is 13.5. The van der Waals surface area contributed by atoms with Gasteiger partial charge in [0.05, 0.1) is 6.54 Å². The van der Waals surface area contributed by atoms with Gasteiger partial charge in [-0.25, -0.2) is 4.79 Å². The quantitative estimate of drug-likeness (QED) is 0.873. The van der Waals surface area contributed by atoms with E-state index < -0.39 is 5.60 Å². The number of likely N-dealkylation sites (tertiary alicyclic amines) is 1. The monoisotopic (exact) mass is 372 g/mol. The van der Waals surface area contributed by atoms with Crippen LogP contribution >= 0.6 is 15.9 Å². The lowest BCUT2D eigenvalue weighted by molar-refractivity contribution is 0.0166. The Balaban J connectivity index is 1.74. The van der Waals surface area contributed by atoms with Gasteiger partial charge in [-0.15, -0.1) is 0 Å². The van der Waals surface area contributed by atoms with Crippen molar-refractivity contribution < 1.29 is 13.9 Å². The van der Waals surface area contributed by atoms with Gasteiger partial charge in [-0.05, 0) is 67.6 Å². The van der Waals surface area contributed by atoms with Crippen molar-refractivity contribution >= 4 is 22.0 Å². The summed E-state index contributed by atoms with van der Waals surface area (Å²) < 4.78 is 11.7. The van der Waals surface area contributed by atoms with Crippen LogP contribution in [0.5, 0.6) is 0 Å². The van der Waals surface area contributed by atoms with Crippen molar-refractivity contribution in [2.75, 3.05) is 19.6 Å². The normalized spacial score (nSPS) is 19.3. The van der Waals surface area contributed by atoms with E-state index in [1.54, 1.807) is 0 Å². The summed E-state index contributed by atoms with van der Waals surface area (Å²) in [7, 11) is 0.